The van der Waals surface area contributed by atoms with Gasteiger partial charge < -0.3 is 15.0 Å². The lowest BCUT2D eigenvalue weighted by Crippen LogP contribution is -2.33. The number of amides is 1. The molecule has 1 N–H and O–H groups in total. The minimum Gasteiger partial charge on any atom is -0.457 e. The molecule has 0 atom stereocenters. The third-order valence-corrected chi connectivity index (χ3v) is 6.20. The van der Waals surface area contributed by atoms with Crippen molar-refractivity contribution in [2.75, 3.05) is 26.2 Å². The Labute approximate surface area is 175 Å². The number of carbonyl (C=O) groups is 1. The number of nitrogens with one attached hydrogen (secondary N) is 1. The molecule has 0 radical (unpaired) electrons. The van der Waals surface area contributed by atoms with Gasteiger partial charge in [-0.15, -0.1) is 11.3 Å². The fraction of sp³-hybridized carbons (Fsp3) is 0.304. The maximum absolute atomic E-state index is 12.6. The molecule has 1 saturated heterocycles. The number of hydrogen-bond acceptors (Lipinski definition) is 5. The van der Waals surface area contributed by atoms with Gasteiger partial charge >= 0.3 is 0 Å². The molecule has 2 heterocycles. The van der Waals surface area contributed by atoms with Crippen molar-refractivity contribution < 1.29 is 9.53 Å². The predicted octanol–water partition coefficient (Wildman–Crippen LogP) is 4.74. The molecule has 0 spiro atoms. The van der Waals surface area contributed by atoms with Crippen LogP contribution in [-0.2, 0) is 0 Å². The summed E-state index contributed by atoms with van der Waals surface area (Å²) in [4.78, 5) is 20.2. The number of nitrogens with zero attached hydrogens (tertiary/aromatic N) is 2. The first kappa shape index (κ1) is 19.6. The van der Waals surface area contributed by atoms with Crippen LogP contribution in [0.4, 0.5) is 0 Å². The Hall–Kier alpha value is -2.70. The number of carbonyl (C=O) groups excluding carboxylic acids is 1. The zero-order valence-electron chi connectivity index (χ0n) is 16.6. The quantitative estimate of drug-likeness (QED) is 0.615. The molecule has 4 rings (SSSR count). The van der Waals surface area contributed by atoms with Gasteiger partial charge in [-0.25, -0.2) is 4.98 Å². The van der Waals surface area contributed by atoms with Crippen molar-refractivity contribution in [3.8, 4) is 22.1 Å². The van der Waals surface area contributed by atoms with Gasteiger partial charge in [0.25, 0.3) is 5.91 Å². The van der Waals surface area contributed by atoms with Crippen LogP contribution in [0.2, 0.25) is 0 Å². The molecule has 5 nitrogen and oxygen atoms in total. The number of para-hydroxylation sites is 1. The smallest absolute Gasteiger partial charge is 0.263 e. The van der Waals surface area contributed by atoms with E-state index in [1.165, 1.54) is 24.2 Å². The SMILES string of the molecule is Cc1nc(-c2ccc(Oc3ccccc3)cc2)sc1C(=O)NCCN1CCCC1. The predicted molar refractivity (Wildman–Crippen MR) is 117 cm³/mol. The van der Waals surface area contributed by atoms with Crippen LogP contribution in [0.15, 0.2) is 54.6 Å². The van der Waals surface area contributed by atoms with Gasteiger partial charge in [-0.1, -0.05) is 18.2 Å². The van der Waals surface area contributed by atoms with E-state index >= 15 is 0 Å². The van der Waals surface area contributed by atoms with Crippen LogP contribution in [-0.4, -0.2) is 42.0 Å². The normalized spacial score (nSPS) is 14.1. The summed E-state index contributed by atoms with van der Waals surface area (Å²) in [5.41, 5.74) is 1.75. The van der Waals surface area contributed by atoms with Gasteiger partial charge in [-0.3, -0.25) is 4.79 Å². The van der Waals surface area contributed by atoms with E-state index in [1.54, 1.807) is 0 Å². The summed E-state index contributed by atoms with van der Waals surface area (Å²) < 4.78 is 5.84. The van der Waals surface area contributed by atoms with Crippen LogP contribution in [0.1, 0.15) is 28.2 Å². The summed E-state index contributed by atoms with van der Waals surface area (Å²) in [6.07, 6.45) is 2.53. The highest BCUT2D eigenvalue weighted by Gasteiger charge is 2.17. The molecule has 0 saturated carbocycles. The number of hydrogen-bond donors (Lipinski definition) is 1. The Morgan fingerprint density at radius 2 is 1.76 bits per heavy atom. The first-order valence-electron chi connectivity index (χ1n) is 10.0. The molecule has 1 aliphatic rings. The Balaban J connectivity index is 1.38. The monoisotopic (exact) mass is 407 g/mol. The van der Waals surface area contributed by atoms with E-state index in [4.69, 9.17) is 4.74 Å². The second-order valence-corrected chi connectivity index (χ2v) is 8.18. The topological polar surface area (TPSA) is 54.5 Å². The first-order valence-corrected chi connectivity index (χ1v) is 10.8. The Morgan fingerprint density at radius 3 is 2.48 bits per heavy atom. The van der Waals surface area contributed by atoms with Gasteiger partial charge in [0.1, 0.15) is 21.4 Å². The number of rotatable bonds is 7. The van der Waals surface area contributed by atoms with Gasteiger partial charge in [0.2, 0.25) is 0 Å². The maximum atomic E-state index is 12.6. The van der Waals surface area contributed by atoms with E-state index in [2.05, 4.69) is 15.2 Å². The van der Waals surface area contributed by atoms with Crippen molar-refractivity contribution in [1.29, 1.82) is 0 Å². The lowest BCUT2D eigenvalue weighted by atomic mass is 10.2. The second-order valence-electron chi connectivity index (χ2n) is 7.18. The zero-order valence-corrected chi connectivity index (χ0v) is 17.4. The van der Waals surface area contributed by atoms with Crippen LogP contribution in [0.5, 0.6) is 11.5 Å². The average molecular weight is 408 g/mol. The molecular formula is C23H25N3O2S. The summed E-state index contributed by atoms with van der Waals surface area (Å²) in [5.74, 6) is 1.54. The molecule has 1 amide bonds. The summed E-state index contributed by atoms with van der Waals surface area (Å²) >= 11 is 1.44. The number of thiazole rings is 1. The van der Waals surface area contributed by atoms with Crippen molar-refractivity contribution in [2.24, 2.45) is 0 Å². The molecule has 0 unspecified atom stereocenters. The van der Waals surface area contributed by atoms with Crippen LogP contribution < -0.4 is 10.1 Å². The molecule has 1 aromatic heterocycles. The van der Waals surface area contributed by atoms with Gasteiger partial charge in [-0.05, 0) is 69.3 Å². The highest BCUT2D eigenvalue weighted by Crippen LogP contribution is 2.30. The third kappa shape index (κ3) is 5.02. The number of likely N-dealkylation sites (tertiary alicyclic amines) is 1. The fourth-order valence-electron chi connectivity index (χ4n) is 3.43. The first-order chi connectivity index (χ1) is 14.2. The molecule has 2 aromatic carbocycles. The Bertz CT molecular complexity index is 948. The molecule has 0 aliphatic carbocycles. The molecule has 3 aromatic rings. The lowest BCUT2D eigenvalue weighted by Gasteiger charge is -2.14. The number of aromatic nitrogens is 1. The minimum absolute atomic E-state index is 0.0329. The fourth-order valence-corrected chi connectivity index (χ4v) is 4.42. The standard InChI is InChI=1S/C23H25N3O2S/c1-17-21(22(27)24-13-16-26-14-5-6-15-26)29-23(25-17)18-9-11-20(12-10-18)28-19-7-3-2-4-8-19/h2-4,7-12H,5-6,13-16H2,1H3,(H,24,27). The van der Waals surface area contributed by atoms with E-state index in [0.717, 1.165) is 47.4 Å². The minimum atomic E-state index is -0.0329. The van der Waals surface area contributed by atoms with Crippen molar-refractivity contribution in [3.63, 3.8) is 0 Å². The molecule has 0 bridgehead atoms. The van der Waals surface area contributed by atoms with Gasteiger partial charge in [0.05, 0.1) is 5.69 Å². The van der Waals surface area contributed by atoms with Crippen LogP contribution in [0.25, 0.3) is 10.6 Å². The highest BCUT2D eigenvalue weighted by molar-refractivity contribution is 7.17. The third-order valence-electron chi connectivity index (χ3n) is 5.00. The van der Waals surface area contributed by atoms with Gasteiger partial charge in [0, 0.05) is 18.7 Å². The van der Waals surface area contributed by atoms with E-state index < -0.39 is 0 Å². The maximum Gasteiger partial charge on any atom is 0.263 e. The van der Waals surface area contributed by atoms with Crippen LogP contribution >= 0.6 is 11.3 Å². The second kappa shape index (κ2) is 9.20. The number of aryl methyl sites for hydroxylation is 1. The van der Waals surface area contributed by atoms with Crippen LogP contribution in [0, 0.1) is 6.92 Å². The number of benzene rings is 2. The van der Waals surface area contributed by atoms with E-state index in [0.29, 0.717) is 11.4 Å². The molecule has 1 fully saturated rings. The van der Waals surface area contributed by atoms with Crippen molar-refractivity contribution >= 4 is 17.2 Å². The van der Waals surface area contributed by atoms with E-state index in [-0.39, 0.29) is 5.91 Å². The van der Waals surface area contributed by atoms with Crippen molar-refractivity contribution in [2.45, 2.75) is 19.8 Å². The van der Waals surface area contributed by atoms with Gasteiger partial charge in [0.15, 0.2) is 0 Å². The summed E-state index contributed by atoms with van der Waals surface area (Å²) in [5, 5.41) is 3.88. The summed E-state index contributed by atoms with van der Waals surface area (Å²) in [7, 11) is 0. The molecule has 29 heavy (non-hydrogen) atoms. The van der Waals surface area contributed by atoms with Gasteiger partial charge in [-0.2, -0.15) is 0 Å². The molecule has 6 heteroatoms. The van der Waals surface area contributed by atoms with Crippen molar-refractivity contribution in [3.05, 3.63) is 65.2 Å². The Kier molecular flexibility index (Phi) is 6.22. The zero-order chi connectivity index (χ0) is 20.1. The lowest BCUT2D eigenvalue weighted by molar-refractivity contribution is 0.0953. The van der Waals surface area contributed by atoms with Crippen molar-refractivity contribution in [1.82, 2.24) is 15.2 Å². The molecule has 150 valence electrons. The molecule has 1 aliphatic heterocycles. The largest absolute Gasteiger partial charge is 0.457 e. The van der Waals surface area contributed by atoms with Crippen LogP contribution in [0.3, 0.4) is 0 Å². The average Bonchev–Trinajstić information content (AvgIpc) is 3.39. The Morgan fingerprint density at radius 1 is 1.07 bits per heavy atom. The molecular weight excluding hydrogens is 382 g/mol. The summed E-state index contributed by atoms with van der Waals surface area (Å²) in [6.45, 7) is 5.77. The highest BCUT2D eigenvalue weighted by atomic mass is 32.1. The van der Waals surface area contributed by atoms with E-state index in [9.17, 15) is 4.79 Å². The van der Waals surface area contributed by atoms with E-state index in [1.807, 2.05) is 61.5 Å². The number of ether oxygens (including phenoxy) is 1. The summed E-state index contributed by atoms with van der Waals surface area (Å²) in [6, 6.07) is 17.5.